The van der Waals surface area contributed by atoms with E-state index < -0.39 is 13.1 Å². The summed E-state index contributed by atoms with van der Waals surface area (Å²) in [5.74, 6) is 0.622. The fourth-order valence-corrected chi connectivity index (χ4v) is 1.52. The van der Waals surface area contributed by atoms with Crippen LogP contribution in [-0.2, 0) is 20.5 Å². The van der Waals surface area contributed by atoms with Gasteiger partial charge in [0, 0.05) is 6.92 Å². The molecule has 0 bridgehead atoms. The van der Waals surface area contributed by atoms with Crippen LogP contribution < -0.4 is 4.74 Å². The number of carbonyl (C=O) groups excluding carboxylic acids is 1. The van der Waals surface area contributed by atoms with Gasteiger partial charge in [-0.2, -0.15) is 0 Å². The van der Waals surface area contributed by atoms with Crippen molar-refractivity contribution in [1.29, 1.82) is 0 Å². The molecule has 0 aliphatic rings. The Labute approximate surface area is 93.5 Å². The van der Waals surface area contributed by atoms with E-state index in [4.69, 9.17) is 9.63 Å². The molecule has 0 aliphatic carbocycles. The summed E-state index contributed by atoms with van der Waals surface area (Å²) in [5.41, 5.74) is -0.203. The minimum atomic E-state index is -4.13. The highest BCUT2D eigenvalue weighted by Gasteiger charge is 2.25. The van der Waals surface area contributed by atoms with Gasteiger partial charge >= 0.3 is 7.60 Å². The van der Waals surface area contributed by atoms with Crippen LogP contribution in [0.15, 0.2) is 24.3 Å². The highest BCUT2D eigenvalue weighted by Crippen LogP contribution is 2.43. The van der Waals surface area contributed by atoms with Crippen molar-refractivity contribution in [3.8, 4) is 5.75 Å². The molecule has 0 spiro atoms. The Hall–Kier alpha value is -1.16. The molecule has 16 heavy (non-hydrogen) atoms. The van der Waals surface area contributed by atoms with E-state index in [9.17, 15) is 9.36 Å². The number of hydrogen-bond donors (Lipinski definition) is 1. The van der Waals surface area contributed by atoms with E-state index in [0.717, 1.165) is 6.92 Å². The molecule has 0 saturated heterocycles. The summed E-state index contributed by atoms with van der Waals surface area (Å²) in [6.07, 6.45) is 0. The van der Waals surface area contributed by atoms with E-state index in [1.54, 1.807) is 24.3 Å². The van der Waals surface area contributed by atoms with Crippen molar-refractivity contribution >= 4 is 13.1 Å². The molecule has 5 nitrogen and oxygen atoms in total. The molecule has 0 heterocycles. The molecular weight excluding hydrogens is 231 g/mol. The lowest BCUT2D eigenvalue weighted by atomic mass is 10.2. The first kappa shape index (κ1) is 12.9. The van der Waals surface area contributed by atoms with Crippen LogP contribution in [0.4, 0.5) is 0 Å². The van der Waals surface area contributed by atoms with Gasteiger partial charge in [0.2, 0.25) is 5.52 Å². The van der Waals surface area contributed by atoms with Gasteiger partial charge in [0.1, 0.15) is 5.75 Å². The van der Waals surface area contributed by atoms with Gasteiger partial charge in [0.25, 0.3) is 0 Å². The average Bonchev–Trinajstić information content (AvgIpc) is 2.26. The topological polar surface area (TPSA) is 72.8 Å². The van der Waals surface area contributed by atoms with Crippen LogP contribution in [0.3, 0.4) is 0 Å². The van der Waals surface area contributed by atoms with Gasteiger partial charge in [-0.3, -0.25) is 13.9 Å². The van der Waals surface area contributed by atoms with Crippen LogP contribution in [0.2, 0.25) is 0 Å². The molecule has 1 N–H and O–H groups in total. The molecule has 0 amide bonds. The third-order valence-electron chi connectivity index (χ3n) is 1.94. The summed E-state index contributed by atoms with van der Waals surface area (Å²) < 4.78 is 20.9. The Morgan fingerprint density at radius 2 is 2.19 bits per heavy atom. The molecule has 1 aromatic rings. The minimum Gasteiger partial charge on any atom is -0.497 e. The van der Waals surface area contributed by atoms with Crippen molar-refractivity contribution in [2.75, 3.05) is 7.11 Å². The van der Waals surface area contributed by atoms with Crippen molar-refractivity contribution in [1.82, 2.24) is 0 Å². The molecule has 6 heteroatoms. The van der Waals surface area contributed by atoms with Crippen LogP contribution in [0, 0.1) is 0 Å². The average molecular weight is 244 g/mol. The summed E-state index contributed by atoms with van der Waals surface area (Å²) in [6.45, 7) is 0.914. The fourth-order valence-electron chi connectivity index (χ4n) is 1.02. The Kier molecular flexibility index (Phi) is 4.24. The molecule has 0 aliphatic heterocycles. The molecule has 1 atom stereocenters. The van der Waals surface area contributed by atoms with E-state index in [2.05, 4.69) is 4.52 Å². The largest absolute Gasteiger partial charge is 0.497 e. The highest BCUT2D eigenvalue weighted by atomic mass is 31.2. The zero-order valence-electron chi connectivity index (χ0n) is 9.04. The van der Waals surface area contributed by atoms with Gasteiger partial charge in [-0.05, 0) is 17.7 Å². The predicted octanol–water partition coefficient (Wildman–Crippen LogP) is 1.94. The van der Waals surface area contributed by atoms with Crippen LogP contribution >= 0.6 is 7.60 Å². The molecule has 0 fully saturated rings. The summed E-state index contributed by atoms with van der Waals surface area (Å²) in [5, 5.41) is 0. The lowest BCUT2D eigenvalue weighted by Crippen LogP contribution is -1.98. The monoisotopic (exact) mass is 244 g/mol. The SMILES string of the molecule is COc1cccc(COP(=O)(O)C(C)=O)c1. The smallest absolute Gasteiger partial charge is 0.394 e. The molecule has 88 valence electrons. The Balaban J connectivity index is 2.68. The number of benzene rings is 1. The van der Waals surface area contributed by atoms with Crippen LogP contribution in [0.25, 0.3) is 0 Å². The Bertz CT molecular complexity index is 429. The molecule has 1 aromatic carbocycles. The number of carbonyl (C=O) groups is 1. The lowest BCUT2D eigenvalue weighted by molar-refractivity contribution is -0.111. The fraction of sp³-hybridized carbons (Fsp3) is 0.300. The molecule has 1 unspecified atom stereocenters. The van der Waals surface area contributed by atoms with Gasteiger partial charge in [-0.1, -0.05) is 12.1 Å². The lowest BCUT2D eigenvalue weighted by Gasteiger charge is -2.09. The van der Waals surface area contributed by atoms with Crippen LogP contribution in [-0.4, -0.2) is 17.5 Å². The van der Waals surface area contributed by atoms with E-state index >= 15 is 0 Å². The first-order valence-electron chi connectivity index (χ1n) is 4.57. The first-order valence-corrected chi connectivity index (χ1v) is 6.15. The molecule has 0 radical (unpaired) electrons. The second-order valence-electron chi connectivity index (χ2n) is 3.16. The van der Waals surface area contributed by atoms with Crippen molar-refractivity contribution in [3.05, 3.63) is 29.8 Å². The number of rotatable bonds is 5. The van der Waals surface area contributed by atoms with Gasteiger partial charge in [-0.15, -0.1) is 0 Å². The van der Waals surface area contributed by atoms with Gasteiger partial charge in [0.15, 0.2) is 0 Å². The summed E-state index contributed by atoms with van der Waals surface area (Å²) in [4.78, 5) is 19.9. The Morgan fingerprint density at radius 1 is 1.50 bits per heavy atom. The zero-order valence-corrected chi connectivity index (χ0v) is 9.94. The molecule has 0 aromatic heterocycles. The van der Waals surface area contributed by atoms with Crippen molar-refractivity contribution in [2.24, 2.45) is 0 Å². The van der Waals surface area contributed by atoms with Crippen LogP contribution in [0.1, 0.15) is 12.5 Å². The maximum absolute atomic E-state index is 11.2. The highest BCUT2D eigenvalue weighted by molar-refractivity contribution is 7.70. The van der Waals surface area contributed by atoms with E-state index in [1.807, 2.05) is 0 Å². The standard InChI is InChI=1S/C10H13O5P/c1-8(11)16(12,13)15-7-9-4-3-5-10(6-9)14-2/h3-6H,7H2,1-2H3,(H,12,13). The number of methoxy groups -OCH3 is 1. The number of hydrogen-bond acceptors (Lipinski definition) is 4. The van der Waals surface area contributed by atoms with Gasteiger partial charge < -0.3 is 9.63 Å². The normalized spacial score (nSPS) is 14.2. The maximum Gasteiger partial charge on any atom is 0.394 e. The van der Waals surface area contributed by atoms with Crippen LogP contribution in [0.5, 0.6) is 5.75 Å². The predicted molar refractivity (Wildman–Crippen MR) is 58.3 cm³/mol. The van der Waals surface area contributed by atoms with E-state index in [-0.39, 0.29) is 6.61 Å². The van der Waals surface area contributed by atoms with Crippen molar-refractivity contribution in [3.63, 3.8) is 0 Å². The third-order valence-corrected chi connectivity index (χ3v) is 3.21. The summed E-state index contributed by atoms with van der Waals surface area (Å²) in [6, 6.07) is 6.85. The third kappa shape index (κ3) is 3.45. The minimum absolute atomic E-state index is 0.107. The van der Waals surface area contributed by atoms with Crippen molar-refractivity contribution < 1.29 is 23.5 Å². The zero-order chi connectivity index (χ0) is 12.2. The second kappa shape index (κ2) is 5.25. The summed E-state index contributed by atoms with van der Waals surface area (Å²) in [7, 11) is -2.61. The number of ether oxygens (including phenoxy) is 1. The summed E-state index contributed by atoms with van der Waals surface area (Å²) >= 11 is 0. The van der Waals surface area contributed by atoms with Gasteiger partial charge in [-0.25, -0.2) is 0 Å². The molecular formula is C10H13O5P. The first-order chi connectivity index (χ1) is 7.45. The van der Waals surface area contributed by atoms with Crippen molar-refractivity contribution in [2.45, 2.75) is 13.5 Å². The van der Waals surface area contributed by atoms with Gasteiger partial charge in [0.05, 0.1) is 13.7 Å². The Morgan fingerprint density at radius 3 is 2.75 bits per heavy atom. The maximum atomic E-state index is 11.2. The van der Waals surface area contributed by atoms with E-state index in [1.165, 1.54) is 7.11 Å². The van der Waals surface area contributed by atoms with E-state index in [0.29, 0.717) is 11.3 Å². The molecule has 0 saturated carbocycles. The second-order valence-corrected chi connectivity index (χ2v) is 5.09. The molecule has 1 rings (SSSR count). The quantitative estimate of drug-likeness (QED) is 0.801.